The van der Waals surface area contributed by atoms with Gasteiger partial charge in [0.25, 0.3) is 0 Å². The van der Waals surface area contributed by atoms with Crippen LogP contribution in [0, 0.1) is 13.8 Å². The first-order valence-corrected chi connectivity index (χ1v) is 20.1. The van der Waals surface area contributed by atoms with Gasteiger partial charge in [0.1, 0.15) is 5.75 Å². The van der Waals surface area contributed by atoms with Gasteiger partial charge in [-0.1, -0.05) is 74.4 Å². The summed E-state index contributed by atoms with van der Waals surface area (Å²) in [7, 11) is 1.64. The molecule has 0 radical (unpaired) electrons. The summed E-state index contributed by atoms with van der Waals surface area (Å²) in [4.78, 5) is 24.0. The molecule has 0 aromatic heterocycles. The van der Waals surface area contributed by atoms with E-state index in [1.54, 1.807) is 7.05 Å². The van der Waals surface area contributed by atoms with Crippen LogP contribution in [0.25, 0.3) is 10.8 Å². The Kier molecular flexibility index (Phi) is 15.3. The summed E-state index contributed by atoms with van der Waals surface area (Å²) in [5, 5.41) is 31.6. The molecule has 0 saturated heterocycles. The highest BCUT2D eigenvalue weighted by atomic mass is 16.5. The van der Waals surface area contributed by atoms with Crippen LogP contribution in [0.1, 0.15) is 64.7 Å². The summed E-state index contributed by atoms with van der Waals surface area (Å²) in [5.74, 6) is -0.277. The van der Waals surface area contributed by atoms with Crippen molar-refractivity contribution in [3.8, 4) is 5.75 Å². The zero-order valence-electron chi connectivity index (χ0n) is 34.3. The van der Waals surface area contributed by atoms with Gasteiger partial charge in [0.05, 0.1) is 40.6 Å². The first-order valence-electron chi connectivity index (χ1n) is 20.1. The van der Waals surface area contributed by atoms with E-state index in [1.807, 2.05) is 129 Å². The molecule has 0 spiro atoms. The molecule has 0 amide bonds. The zero-order valence-corrected chi connectivity index (χ0v) is 34.3. The largest absolute Gasteiger partial charge is 0.463 e. The number of benzene rings is 6. The molecule has 60 heavy (non-hydrogen) atoms. The normalized spacial score (nSPS) is 11.4. The van der Waals surface area contributed by atoms with E-state index in [-0.39, 0.29) is 5.97 Å². The van der Waals surface area contributed by atoms with E-state index in [4.69, 9.17) is 9.47 Å². The molecule has 11 nitrogen and oxygen atoms in total. The molecule has 0 bridgehead atoms. The van der Waals surface area contributed by atoms with Crippen molar-refractivity contribution in [2.24, 2.45) is 30.7 Å². The Hall–Kier alpha value is -7.14. The predicted molar refractivity (Wildman–Crippen MR) is 238 cm³/mol. The molecule has 0 aliphatic rings. The van der Waals surface area contributed by atoms with E-state index < -0.39 is 5.97 Å². The van der Waals surface area contributed by atoms with Crippen LogP contribution >= 0.6 is 0 Å². The molecule has 0 saturated carbocycles. The molecule has 11 heteroatoms. The van der Waals surface area contributed by atoms with Gasteiger partial charge < -0.3 is 14.8 Å². The van der Waals surface area contributed by atoms with Gasteiger partial charge in [-0.05, 0) is 128 Å². The second kappa shape index (κ2) is 21.6. The monoisotopic (exact) mass is 799 g/mol. The quantitative estimate of drug-likeness (QED) is 0.0286. The summed E-state index contributed by atoms with van der Waals surface area (Å²) < 4.78 is 10.7. The Morgan fingerprint density at radius 1 is 0.633 bits per heavy atom. The lowest BCUT2D eigenvalue weighted by atomic mass is 10.0. The number of esters is 2. The number of nitrogens with one attached hydrogen (secondary N) is 1. The number of hydrogen-bond acceptors (Lipinski definition) is 11. The van der Waals surface area contributed by atoms with E-state index in [2.05, 4.69) is 48.6 Å². The average molecular weight is 800 g/mol. The van der Waals surface area contributed by atoms with Crippen LogP contribution in [0.2, 0.25) is 0 Å². The number of fused-ring (bicyclic) bond motifs is 1. The van der Waals surface area contributed by atoms with Crippen molar-refractivity contribution >= 4 is 56.8 Å². The highest BCUT2D eigenvalue weighted by Crippen LogP contribution is 2.35. The molecule has 0 fully saturated rings. The van der Waals surface area contributed by atoms with Crippen LogP contribution in [0.5, 0.6) is 5.75 Å². The average Bonchev–Trinajstić information content (AvgIpc) is 3.27. The van der Waals surface area contributed by atoms with Crippen molar-refractivity contribution in [3.05, 3.63) is 162 Å². The minimum atomic E-state index is -0.392. The molecule has 1 N–H and O–H groups in total. The lowest BCUT2D eigenvalue weighted by molar-refractivity contribution is -0.137. The van der Waals surface area contributed by atoms with Crippen molar-refractivity contribution in [1.82, 2.24) is 0 Å². The third-order valence-electron chi connectivity index (χ3n) is 9.85. The molecule has 6 aromatic carbocycles. The highest BCUT2D eigenvalue weighted by molar-refractivity contribution is 6.00. The van der Waals surface area contributed by atoms with Crippen molar-refractivity contribution in [3.63, 3.8) is 0 Å². The number of rotatable bonds is 19. The summed E-state index contributed by atoms with van der Waals surface area (Å²) in [6.07, 6.45) is 7.25. The van der Waals surface area contributed by atoms with E-state index in [0.717, 1.165) is 100 Å². The van der Waals surface area contributed by atoms with E-state index in [1.165, 1.54) is 11.6 Å². The number of carbonyl (C=O) groups excluding carboxylic acids is 2. The zero-order chi connectivity index (χ0) is 42.1. The molecule has 304 valence electrons. The number of nitrogens with zero attached hydrogens (tertiary/aromatic N) is 6. The van der Waals surface area contributed by atoms with E-state index in [9.17, 15) is 9.59 Å². The third kappa shape index (κ3) is 12.2. The Morgan fingerprint density at radius 3 is 1.92 bits per heavy atom. The van der Waals surface area contributed by atoms with Crippen LogP contribution in [-0.2, 0) is 22.5 Å². The number of ether oxygens (including phenoxy) is 2. The second-order valence-corrected chi connectivity index (χ2v) is 14.3. The maximum Gasteiger partial charge on any atom is 0.343 e. The molecule has 0 aliphatic heterocycles. The van der Waals surface area contributed by atoms with Crippen LogP contribution in [0.4, 0.5) is 34.1 Å². The predicted octanol–water partition coefficient (Wildman–Crippen LogP) is 14.1. The Balaban J connectivity index is 0.995. The first-order chi connectivity index (χ1) is 29.3. The number of carbonyl (C=O) groups is 2. The molecular weight excluding hydrogens is 751 g/mol. The molecule has 0 heterocycles. The minimum Gasteiger partial charge on any atom is -0.463 e. The molecular formula is C49H49N7O4. The van der Waals surface area contributed by atoms with Gasteiger partial charge in [0, 0.05) is 36.1 Å². The van der Waals surface area contributed by atoms with Crippen molar-refractivity contribution in [2.45, 2.75) is 58.9 Å². The maximum absolute atomic E-state index is 12.9. The summed E-state index contributed by atoms with van der Waals surface area (Å²) in [6.45, 7) is 8.38. The number of anilines is 1. The van der Waals surface area contributed by atoms with Gasteiger partial charge in [-0.2, -0.15) is 25.6 Å². The smallest absolute Gasteiger partial charge is 0.343 e. The number of unbranched alkanes of at least 4 members (excludes halogenated alkanes) is 4. The van der Waals surface area contributed by atoms with Crippen LogP contribution in [0.15, 0.2) is 165 Å². The van der Waals surface area contributed by atoms with Gasteiger partial charge in [-0.15, -0.1) is 5.11 Å². The Morgan fingerprint density at radius 2 is 1.23 bits per heavy atom. The fourth-order valence-corrected chi connectivity index (χ4v) is 6.49. The standard InChI is InChI=1S/C49H49N7O4/c1-5-48(57)59-30-12-8-6-7-9-13-36-16-20-38(21-17-36)49(58)60-41-26-18-37(19-27-41)33-51-44-28-29-45(43-15-11-10-14-42(43)44)54-56-47-32-34(2)46(31-35(47)3)55-53-40-24-22-39(23-25-40)52-50-4/h5,10-11,14-29,31-32,51H,1,6-9,12-13,30,33H2,2-4H3. The van der Waals surface area contributed by atoms with Gasteiger partial charge in [0.2, 0.25) is 0 Å². The lowest BCUT2D eigenvalue weighted by Gasteiger charge is -2.12. The van der Waals surface area contributed by atoms with Gasteiger partial charge in [-0.3, -0.25) is 0 Å². The topological polar surface area (TPSA) is 139 Å². The SMILES string of the molecule is C=CC(=O)OCCCCCCCc1ccc(C(=O)Oc2ccc(CNc3ccc(N=Nc4cc(C)c(N=Nc5ccc(N=NC)cc5)cc4C)c4ccccc34)cc2)cc1. The highest BCUT2D eigenvalue weighted by Gasteiger charge is 2.11. The lowest BCUT2D eigenvalue weighted by Crippen LogP contribution is -2.08. The van der Waals surface area contributed by atoms with Crippen LogP contribution in [0.3, 0.4) is 0 Å². The fourth-order valence-electron chi connectivity index (χ4n) is 6.49. The molecule has 6 rings (SSSR count). The van der Waals surface area contributed by atoms with Crippen molar-refractivity contribution < 1.29 is 19.1 Å². The summed E-state index contributed by atoms with van der Waals surface area (Å²) in [5.41, 5.74) is 9.35. The summed E-state index contributed by atoms with van der Waals surface area (Å²) in [6, 6.07) is 38.6. The molecule has 0 atom stereocenters. The van der Waals surface area contributed by atoms with Gasteiger partial charge in [-0.25, -0.2) is 9.59 Å². The third-order valence-corrected chi connectivity index (χ3v) is 9.85. The van der Waals surface area contributed by atoms with E-state index in [0.29, 0.717) is 24.5 Å². The summed E-state index contributed by atoms with van der Waals surface area (Å²) >= 11 is 0. The van der Waals surface area contributed by atoms with E-state index >= 15 is 0 Å². The van der Waals surface area contributed by atoms with Crippen LogP contribution < -0.4 is 10.1 Å². The van der Waals surface area contributed by atoms with Crippen LogP contribution in [-0.4, -0.2) is 25.6 Å². The molecule has 6 aromatic rings. The van der Waals surface area contributed by atoms with Gasteiger partial charge in [0.15, 0.2) is 0 Å². The number of hydrogen-bond donors (Lipinski definition) is 1. The number of azo groups is 3. The fraction of sp³-hybridized carbons (Fsp3) is 0.224. The first kappa shape index (κ1) is 42.5. The number of aryl methyl sites for hydroxylation is 3. The molecule has 0 unspecified atom stereocenters. The van der Waals surface area contributed by atoms with Crippen molar-refractivity contribution in [2.75, 3.05) is 19.0 Å². The molecule has 0 aliphatic carbocycles. The minimum absolute atomic E-state index is 0.370. The van der Waals surface area contributed by atoms with Crippen molar-refractivity contribution in [1.29, 1.82) is 0 Å². The Labute approximate surface area is 351 Å². The maximum atomic E-state index is 12.9. The Bertz CT molecular complexity index is 2490. The second-order valence-electron chi connectivity index (χ2n) is 14.3. The van der Waals surface area contributed by atoms with Gasteiger partial charge >= 0.3 is 11.9 Å².